The molecule has 0 saturated heterocycles. The molecule has 0 bridgehead atoms. The first-order valence-corrected chi connectivity index (χ1v) is 10.8. The van der Waals surface area contributed by atoms with E-state index in [1.807, 2.05) is 6.92 Å². The maximum absolute atomic E-state index is 13.6. The smallest absolute Gasteiger partial charge is 0.435 e. The molecule has 0 atom stereocenters. The summed E-state index contributed by atoms with van der Waals surface area (Å²) in [6.45, 7) is 2.15. The molecule has 2 N–H and O–H groups in total. The minimum atomic E-state index is -4.93. The van der Waals surface area contributed by atoms with Crippen molar-refractivity contribution in [3.05, 3.63) is 77.1 Å². The fourth-order valence-electron chi connectivity index (χ4n) is 3.25. The summed E-state index contributed by atoms with van der Waals surface area (Å²) in [6, 6.07) is 12.1. The number of hydrogen-bond acceptors (Lipinski definition) is 6. The van der Waals surface area contributed by atoms with Crippen molar-refractivity contribution in [1.82, 2.24) is 20.4 Å². The van der Waals surface area contributed by atoms with Crippen LogP contribution in [0.1, 0.15) is 43.7 Å². The second-order valence-electron chi connectivity index (χ2n) is 7.31. The third-order valence-corrected chi connectivity index (χ3v) is 4.91. The summed E-state index contributed by atoms with van der Waals surface area (Å²) in [6.07, 6.45) is -4.04. The molecule has 0 saturated carbocycles. The van der Waals surface area contributed by atoms with E-state index in [9.17, 15) is 27.6 Å². The van der Waals surface area contributed by atoms with Gasteiger partial charge in [-0.3, -0.25) is 9.59 Å². The number of nitrogens with one attached hydrogen (secondary N) is 2. The molecule has 0 unspecified atom stereocenters. The molecule has 1 aromatic heterocycles. The summed E-state index contributed by atoms with van der Waals surface area (Å²) in [5.74, 6) is -1.63. The van der Waals surface area contributed by atoms with Gasteiger partial charge >= 0.3 is 12.1 Å². The molecule has 36 heavy (non-hydrogen) atoms. The molecular formula is C24H23F3N4O5. The summed E-state index contributed by atoms with van der Waals surface area (Å²) < 4.78 is 51.6. The van der Waals surface area contributed by atoms with Crippen molar-refractivity contribution in [1.29, 1.82) is 0 Å². The highest BCUT2D eigenvalue weighted by molar-refractivity contribution is 5.96. The van der Waals surface area contributed by atoms with Gasteiger partial charge in [-0.1, -0.05) is 12.1 Å². The molecule has 0 aliphatic rings. The van der Waals surface area contributed by atoms with E-state index in [1.54, 1.807) is 24.3 Å². The van der Waals surface area contributed by atoms with Gasteiger partial charge in [0.2, 0.25) is 0 Å². The van der Waals surface area contributed by atoms with Crippen LogP contribution in [0.3, 0.4) is 0 Å². The van der Waals surface area contributed by atoms with Gasteiger partial charge < -0.3 is 20.1 Å². The largest absolute Gasteiger partial charge is 0.494 e. The molecule has 190 valence electrons. The molecule has 3 rings (SSSR count). The average Bonchev–Trinajstić information content (AvgIpc) is 3.33. The van der Waals surface area contributed by atoms with E-state index in [-0.39, 0.29) is 24.3 Å². The first-order chi connectivity index (χ1) is 17.2. The van der Waals surface area contributed by atoms with Crippen LogP contribution in [0.4, 0.5) is 13.2 Å². The minimum Gasteiger partial charge on any atom is -0.494 e. The van der Waals surface area contributed by atoms with E-state index >= 15 is 0 Å². The van der Waals surface area contributed by atoms with Crippen LogP contribution in [-0.2, 0) is 10.9 Å². The highest BCUT2D eigenvalue weighted by atomic mass is 19.4. The molecule has 0 radical (unpaired) electrons. The molecule has 1 heterocycles. The molecular weight excluding hydrogens is 481 g/mol. The number of methoxy groups -OCH3 is 1. The van der Waals surface area contributed by atoms with Gasteiger partial charge in [0, 0.05) is 24.8 Å². The van der Waals surface area contributed by atoms with Gasteiger partial charge in [-0.2, -0.15) is 18.3 Å². The zero-order valence-electron chi connectivity index (χ0n) is 19.4. The number of aromatic nitrogens is 2. The summed E-state index contributed by atoms with van der Waals surface area (Å²) in [5.41, 5.74) is -1.82. The number of benzene rings is 2. The number of alkyl halides is 3. The maximum atomic E-state index is 13.6. The van der Waals surface area contributed by atoms with Gasteiger partial charge in [-0.15, -0.1) is 0 Å². The van der Waals surface area contributed by atoms with Crippen molar-refractivity contribution in [3.8, 4) is 11.4 Å². The van der Waals surface area contributed by atoms with Crippen LogP contribution >= 0.6 is 0 Å². The summed E-state index contributed by atoms with van der Waals surface area (Å²) >= 11 is 0. The van der Waals surface area contributed by atoms with Crippen LogP contribution in [-0.4, -0.2) is 54.4 Å². The lowest BCUT2D eigenvalue weighted by Gasteiger charge is -2.09. The zero-order valence-corrected chi connectivity index (χ0v) is 19.4. The lowest BCUT2D eigenvalue weighted by Crippen LogP contribution is -2.35. The number of esters is 1. The normalized spacial score (nSPS) is 11.0. The van der Waals surface area contributed by atoms with E-state index in [0.717, 1.165) is 18.0 Å². The van der Waals surface area contributed by atoms with Crippen molar-refractivity contribution in [2.24, 2.45) is 0 Å². The Balaban J connectivity index is 1.69. The van der Waals surface area contributed by atoms with E-state index in [0.29, 0.717) is 17.9 Å². The van der Waals surface area contributed by atoms with Crippen LogP contribution in [0.5, 0.6) is 5.75 Å². The second kappa shape index (κ2) is 11.4. The second-order valence-corrected chi connectivity index (χ2v) is 7.31. The minimum absolute atomic E-state index is 0.0107. The third-order valence-electron chi connectivity index (χ3n) is 4.91. The first-order valence-electron chi connectivity index (χ1n) is 10.8. The number of nitrogens with zero attached hydrogens (tertiary/aromatic N) is 2. The van der Waals surface area contributed by atoms with E-state index in [4.69, 9.17) is 4.74 Å². The van der Waals surface area contributed by atoms with Crippen molar-refractivity contribution in [2.45, 2.75) is 13.1 Å². The highest BCUT2D eigenvalue weighted by Crippen LogP contribution is 2.32. The van der Waals surface area contributed by atoms with Crippen molar-refractivity contribution >= 4 is 17.8 Å². The van der Waals surface area contributed by atoms with E-state index in [1.165, 1.54) is 24.3 Å². The third kappa shape index (κ3) is 6.20. The molecule has 2 amide bonds. The molecule has 3 aromatic rings. The molecule has 12 heteroatoms. The number of amides is 2. The maximum Gasteiger partial charge on any atom is 0.435 e. The van der Waals surface area contributed by atoms with Gasteiger partial charge in [0.05, 0.1) is 30.5 Å². The average molecular weight is 504 g/mol. The zero-order chi connectivity index (χ0) is 26.3. The number of para-hydroxylation sites is 1. The predicted octanol–water partition coefficient (Wildman–Crippen LogP) is 3.24. The van der Waals surface area contributed by atoms with Crippen LogP contribution in [0.25, 0.3) is 5.69 Å². The Kier molecular flexibility index (Phi) is 8.30. The van der Waals surface area contributed by atoms with Gasteiger partial charge in [0.15, 0.2) is 5.69 Å². The molecule has 0 spiro atoms. The van der Waals surface area contributed by atoms with E-state index in [2.05, 4.69) is 20.5 Å². The Labute approximate surface area is 204 Å². The number of carbonyl (C=O) groups is 3. The van der Waals surface area contributed by atoms with Crippen molar-refractivity contribution in [2.75, 3.05) is 26.8 Å². The van der Waals surface area contributed by atoms with Crippen LogP contribution in [0.2, 0.25) is 0 Å². The first kappa shape index (κ1) is 26.3. The van der Waals surface area contributed by atoms with Crippen LogP contribution in [0, 0.1) is 0 Å². The molecule has 0 fully saturated rings. The standard InChI is InChI=1S/C24H23F3N4O5/c1-3-36-16-10-8-15(9-11-16)21(32)28-12-13-29-22(33)18-14-31(30-20(18)24(25,26)27)19-7-5-4-6-17(19)23(34)35-2/h4-11,14H,3,12-13H2,1-2H3,(H,28,32)(H,29,33). The fraction of sp³-hybridized carbons (Fsp3) is 0.250. The quantitative estimate of drug-likeness (QED) is 0.342. The Bertz CT molecular complexity index is 1240. The van der Waals surface area contributed by atoms with Crippen molar-refractivity contribution < 1.29 is 37.0 Å². The topological polar surface area (TPSA) is 112 Å². The number of ether oxygens (including phenoxy) is 2. The van der Waals surface area contributed by atoms with Crippen LogP contribution < -0.4 is 15.4 Å². The monoisotopic (exact) mass is 504 g/mol. The van der Waals surface area contributed by atoms with E-state index < -0.39 is 35.2 Å². The Morgan fingerprint density at radius 1 is 0.944 bits per heavy atom. The van der Waals surface area contributed by atoms with Gasteiger partial charge in [0.25, 0.3) is 11.8 Å². The number of rotatable bonds is 9. The Morgan fingerprint density at radius 2 is 1.58 bits per heavy atom. The molecule has 9 nitrogen and oxygen atoms in total. The Hall–Kier alpha value is -4.35. The number of hydrogen-bond donors (Lipinski definition) is 2. The van der Waals surface area contributed by atoms with Gasteiger partial charge in [-0.05, 0) is 43.3 Å². The van der Waals surface area contributed by atoms with Gasteiger partial charge in [-0.25, -0.2) is 9.48 Å². The van der Waals surface area contributed by atoms with Crippen LogP contribution in [0.15, 0.2) is 54.7 Å². The number of carbonyl (C=O) groups excluding carboxylic acids is 3. The number of halogens is 3. The van der Waals surface area contributed by atoms with Gasteiger partial charge in [0.1, 0.15) is 5.75 Å². The lowest BCUT2D eigenvalue weighted by atomic mass is 10.2. The predicted molar refractivity (Wildman–Crippen MR) is 122 cm³/mol. The summed E-state index contributed by atoms with van der Waals surface area (Å²) in [4.78, 5) is 36.8. The summed E-state index contributed by atoms with van der Waals surface area (Å²) in [7, 11) is 1.14. The highest BCUT2D eigenvalue weighted by Gasteiger charge is 2.39. The molecule has 0 aliphatic heterocycles. The summed E-state index contributed by atoms with van der Waals surface area (Å²) in [5, 5.41) is 8.42. The Morgan fingerprint density at radius 3 is 2.19 bits per heavy atom. The molecule has 0 aliphatic carbocycles. The van der Waals surface area contributed by atoms with Crippen molar-refractivity contribution in [3.63, 3.8) is 0 Å². The fourth-order valence-corrected chi connectivity index (χ4v) is 3.25. The molecule has 2 aromatic carbocycles. The SMILES string of the molecule is CCOc1ccc(C(=O)NCCNC(=O)c2cn(-c3ccccc3C(=O)OC)nc2C(F)(F)F)cc1. The lowest BCUT2D eigenvalue weighted by molar-refractivity contribution is -0.141.